The molecule has 1 aliphatic rings. The van der Waals surface area contributed by atoms with E-state index in [2.05, 4.69) is 15.2 Å². The minimum absolute atomic E-state index is 0.0296. The first-order valence-corrected chi connectivity index (χ1v) is 7.88. The van der Waals surface area contributed by atoms with E-state index in [0.29, 0.717) is 13.1 Å². The monoisotopic (exact) mass is 313 g/mol. The number of piperidine rings is 1. The van der Waals surface area contributed by atoms with Crippen LogP contribution >= 0.6 is 0 Å². The average Bonchev–Trinajstić information content (AvgIpc) is 2.56. The Labute approximate surface area is 135 Å². The standard InChI is InChI=1S/C18H20FN3O/c19-16-6-1-4-14(10-16)12-22-9-3-5-15(13-22)18(23)21-17-7-2-8-20-11-17/h1-2,4,6-8,10-11,15H,3,5,9,12-13H2,(H,21,23). The van der Waals surface area contributed by atoms with Crippen LogP contribution in [-0.2, 0) is 11.3 Å². The van der Waals surface area contributed by atoms with Gasteiger partial charge < -0.3 is 5.32 Å². The number of benzene rings is 1. The molecule has 2 aromatic rings. The molecular weight excluding hydrogens is 293 g/mol. The molecule has 0 bridgehead atoms. The Kier molecular flexibility index (Phi) is 4.98. The second kappa shape index (κ2) is 7.33. The van der Waals surface area contributed by atoms with Crippen LogP contribution in [0.5, 0.6) is 0 Å². The van der Waals surface area contributed by atoms with E-state index >= 15 is 0 Å². The highest BCUT2D eigenvalue weighted by Crippen LogP contribution is 2.20. The third-order valence-electron chi connectivity index (χ3n) is 4.10. The second-order valence-electron chi connectivity index (χ2n) is 5.94. The summed E-state index contributed by atoms with van der Waals surface area (Å²) < 4.78 is 13.3. The first-order valence-electron chi connectivity index (χ1n) is 7.88. The normalized spacial score (nSPS) is 18.6. The number of nitrogens with one attached hydrogen (secondary N) is 1. The molecule has 1 saturated heterocycles. The fourth-order valence-corrected chi connectivity index (χ4v) is 2.99. The Balaban J connectivity index is 1.58. The number of aromatic nitrogens is 1. The summed E-state index contributed by atoms with van der Waals surface area (Å²) in [5.74, 6) is -0.232. The maximum atomic E-state index is 13.3. The lowest BCUT2D eigenvalue weighted by atomic mass is 9.96. The SMILES string of the molecule is O=C(Nc1cccnc1)C1CCCN(Cc2cccc(F)c2)C1. The average molecular weight is 313 g/mol. The van der Waals surface area contributed by atoms with Gasteiger partial charge in [-0.3, -0.25) is 14.7 Å². The number of nitrogens with zero attached hydrogens (tertiary/aromatic N) is 2. The van der Waals surface area contributed by atoms with Gasteiger partial charge in [-0.2, -0.15) is 0 Å². The molecule has 120 valence electrons. The van der Waals surface area contributed by atoms with E-state index in [9.17, 15) is 9.18 Å². The lowest BCUT2D eigenvalue weighted by Crippen LogP contribution is -2.40. The second-order valence-corrected chi connectivity index (χ2v) is 5.94. The van der Waals surface area contributed by atoms with Crippen LogP contribution < -0.4 is 5.32 Å². The Morgan fingerprint density at radius 3 is 3.04 bits per heavy atom. The topological polar surface area (TPSA) is 45.2 Å². The molecule has 0 saturated carbocycles. The van der Waals surface area contributed by atoms with E-state index in [-0.39, 0.29) is 17.6 Å². The summed E-state index contributed by atoms with van der Waals surface area (Å²) in [5.41, 5.74) is 1.66. The minimum Gasteiger partial charge on any atom is -0.324 e. The fraction of sp³-hybridized carbons (Fsp3) is 0.333. The number of anilines is 1. The van der Waals surface area contributed by atoms with E-state index < -0.39 is 0 Å². The van der Waals surface area contributed by atoms with Gasteiger partial charge in [-0.05, 0) is 49.2 Å². The van der Waals surface area contributed by atoms with Crippen molar-refractivity contribution in [2.75, 3.05) is 18.4 Å². The van der Waals surface area contributed by atoms with Gasteiger partial charge in [0.05, 0.1) is 17.8 Å². The molecule has 23 heavy (non-hydrogen) atoms. The highest BCUT2D eigenvalue weighted by Gasteiger charge is 2.25. The maximum absolute atomic E-state index is 13.3. The smallest absolute Gasteiger partial charge is 0.228 e. The highest BCUT2D eigenvalue weighted by molar-refractivity contribution is 5.92. The molecular formula is C18H20FN3O. The van der Waals surface area contributed by atoms with Gasteiger partial charge in [-0.15, -0.1) is 0 Å². The summed E-state index contributed by atoms with van der Waals surface area (Å²) in [6, 6.07) is 10.3. The molecule has 1 N–H and O–H groups in total. The Hall–Kier alpha value is -2.27. The van der Waals surface area contributed by atoms with Crippen molar-refractivity contribution >= 4 is 11.6 Å². The quantitative estimate of drug-likeness (QED) is 0.943. The summed E-state index contributed by atoms with van der Waals surface area (Å²) in [6.07, 6.45) is 5.18. The van der Waals surface area contributed by atoms with Crippen molar-refractivity contribution < 1.29 is 9.18 Å². The number of rotatable bonds is 4. The molecule has 4 nitrogen and oxygen atoms in total. The summed E-state index contributed by atoms with van der Waals surface area (Å²) in [5, 5.41) is 2.92. The Bertz CT molecular complexity index is 662. The summed E-state index contributed by atoms with van der Waals surface area (Å²) in [7, 11) is 0. The number of halogens is 1. The summed E-state index contributed by atoms with van der Waals surface area (Å²) in [6.45, 7) is 2.31. The molecule has 1 unspecified atom stereocenters. The van der Waals surface area contributed by atoms with Crippen molar-refractivity contribution in [1.29, 1.82) is 0 Å². The number of hydrogen-bond donors (Lipinski definition) is 1. The van der Waals surface area contributed by atoms with E-state index in [1.807, 2.05) is 12.1 Å². The maximum Gasteiger partial charge on any atom is 0.228 e. The number of carbonyl (C=O) groups excluding carboxylic acids is 1. The largest absolute Gasteiger partial charge is 0.324 e. The van der Waals surface area contributed by atoms with Crippen molar-refractivity contribution in [2.24, 2.45) is 5.92 Å². The zero-order valence-corrected chi connectivity index (χ0v) is 12.9. The number of likely N-dealkylation sites (tertiary alicyclic amines) is 1. The van der Waals surface area contributed by atoms with Crippen molar-refractivity contribution in [3.8, 4) is 0 Å². The number of pyridine rings is 1. The molecule has 1 fully saturated rings. The Morgan fingerprint density at radius 1 is 1.35 bits per heavy atom. The van der Waals surface area contributed by atoms with E-state index in [1.54, 1.807) is 30.6 Å². The Morgan fingerprint density at radius 2 is 2.26 bits per heavy atom. The summed E-state index contributed by atoms with van der Waals surface area (Å²) in [4.78, 5) is 18.6. The van der Waals surface area contributed by atoms with Gasteiger partial charge in [-0.1, -0.05) is 12.1 Å². The zero-order valence-electron chi connectivity index (χ0n) is 12.9. The van der Waals surface area contributed by atoms with E-state index in [0.717, 1.165) is 30.6 Å². The van der Waals surface area contributed by atoms with E-state index in [4.69, 9.17) is 0 Å². The highest BCUT2D eigenvalue weighted by atomic mass is 19.1. The predicted molar refractivity (Wildman–Crippen MR) is 87.3 cm³/mol. The third kappa shape index (κ3) is 4.36. The van der Waals surface area contributed by atoms with Crippen LogP contribution in [0.4, 0.5) is 10.1 Å². The molecule has 0 spiro atoms. The molecule has 0 radical (unpaired) electrons. The molecule has 1 aromatic heterocycles. The lowest BCUT2D eigenvalue weighted by Gasteiger charge is -2.32. The lowest BCUT2D eigenvalue weighted by molar-refractivity contribution is -0.121. The van der Waals surface area contributed by atoms with Gasteiger partial charge in [-0.25, -0.2) is 4.39 Å². The fourth-order valence-electron chi connectivity index (χ4n) is 2.99. The molecule has 3 rings (SSSR count). The van der Waals surface area contributed by atoms with Crippen LogP contribution in [0.1, 0.15) is 18.4 Å². The molecule has 2 heterocycles. The molecule has 1 amide bonds. The van der Waals surface area contributed by atoms with Crippen LogP contribution in [0.2, 0.25) is 0 Å². The van der Waals surface area contributed by atoms with Crippen LogP contribution in [0.3, 0.4) is 0 Å². The van der Waals surface area contributed by atoms with Gasteiger partial charge >= 0.3 is 0 Å². The van der Waals surface area contributed by atoms with Gasteiger partial charge in [0, 0.05) is 19.3 Å². The number of carbonyl (C=O) groups is 1. The molecule has 1 aromatic carbocycles. The van der Waals surface area contributed by atoms with E-state index in [1.165, 1.54) is 6.07 Å². The van der Waals surface area contributed by atoms with Crippen molar-refractivity contribution in [1.82, 2.24) is 9.88 Å². The third-order valence-corrected chi connectivity index (χ3v) is 4.10. The minimum atomic E-state index is -0.217. The first-order chi connectivity index (χ1) is 11.2. The van der Waals surface area contributed by atoms with Crippen molar-refractivity contribution in [2.45, 2.75) is 19.4 Å². The van der Waals surface area contributed by atoms with Crippen LogP contribution in [0.15, 0.2) is 48.8 Å². The van der Waals surface area contributed by atoms with Crippen LogP contribution in [0.25, 0.3) is 0 Å². The number of amides is 1. The summed E-state index contributed by atoms with van der Waals surface area (Å²) >= 11 is 0. The predicted octanol–water partition coefficient (Wildman–Crippen LogP) is 3.07. The van der Waals surface area contributed by atoms with Gasteiger partial charge in [0.1, 0.15) is 5.82 Å². The van der Waals surface area contributed by atoms with Gasteiger partial charge in [0.2, 0.25) is 5.91 Å². The molecule has 5 heteroatoms. The van der Waals surface area contributed by atoms with Gasteiger partial charge in [0.25, 0.3) is 0 Å². The van der Waals surface area contributed by atoms with Crippen LogP contribution in [0, 0.1) is 11.7 Å². The van der Waals surface area contributed by atoms with Gasteiger partial charge in [0.15, 0.2) is 0 Å². The van der Waals surface area contributed by atoms with Crippen LogP contribution in [-0.4, -0.2) is 28.9 Å². The zero-order chi connectivity index (χ0) is 16.1. The first kappa shape index (κ1) is 15.6. The molecule has 1 aliphatic heterocycles. The van der Waals surface area contributed by atoms with Crippen molar-refractivity contribution in [3.05, 3.63) is 60.2 Å². The molecule has 1 atom stereocenters. The molecule has 0 aliphatic carbocycles. The number of hydrogen-bond acceptors (Lipinski definition) is 3. The van der Waals surface area contributed by atoms with Crippen molar-refractivity contribution in [3.63, 3.8) is 0 Å².